The van der Waals surface area contributed by atoms with Crippen molar-refractivity contribution in [3.8, 4) is 6.07 Å². The van der Waals surface area contributed by atoms with Crippen molar-refractivity contribution in [2.75, 3.05) is 6.54 Å². The summed E-state index contributed by atoms with van der Waals surface area (Å²) in [4.78, 5) is 11.5. The zero-order valence-corrected chi connectivity index (χ0v) is 11.9. The van der Waals surface area contributed by atoms with Crippen molar-refractivity contribution >= 4 is 16.0 Å². The Morgan fingerprint density at radius 1 is 1.37 bits per heavy atom. The molecule has 1 saturated carbocycles. The Balaban J connectivity index is 2.81. The molecule has 0 bridgehead atoms. The molecule has 0 heterocycles. The molecule has 0 aromatic carbocycles. The number of carboxylic acids is 1. The predicted octanol–water partition coefficient (Wildman–Crippen LogP) is 1.24. The van der Waals surface area contributed by atoms with Gasteiger partial charge in [0.05, 0.1) is 11.5 Å². The van der Waals surface area contributed by atoms with Gasteiger partial charge in [0.15, 0.2) is 5.25 Å². The van der Waals surface area contributed by atoms with Gasteiger partial charge in [0.1, 0.15) is 0 Å². The van der Waals surface area contributed by atoms with Crippen molar-refractivity contribution in [3.05, 3.63) is 0 Å². The van der Waals surface area contributed by atoms with Gasteiger partial charge in [-0.05, 0) is 19.8 Å². The van der Waals surface area contributed by atoms with Crippen LogP contribution in [-0.4, -0.2) is 31.3 Å². The fourth-order valence-electron chi connectivity index (χ4n) is 2.30. The number of rotatable bonds is 5. The summed E-state index contributed by atoms with van der Waals surface area (Å²) >= 11 is 0. The average molecular weight is 288 g/mol. The Labute approximate surface area is 113 Å². The van der Waals surface area contributed by atoms with E-state index in [1.54, 1.807) is 6.07 Å². The molecule has 1 fully saturated rings. The highest BCUT2D eigenvalue weighted by Gasteiger charge is 2.40. The molecular weight excluding hydrogens is 268 g/mol. The third-order valence-electron chi connectivity index (χ3n) is 3.77. The van der Waals surface area contributed by atoms with Gasteiger partial charge in [-0.25, -0.2) is 13.1 Å². The number of nitrogens with zero attached hydrogens (tertiary/aromatic N) is 1. The van der Waals surface area contributed by atoms with Gasteiger partial charge in [0, 0.05) is 6.54 Å². The molecule has 6 nitrogen and oxygen atoms in total. The van der Waals surface area contributed by atoms with E-state index in [1.807, 2.05) is 0 Å². The highest BCUT2D eigenvalue weighted by molar-refractivity contribution is 7.90. The van der Waals surface area contributed by atoms with Gasteiger partial charge >= 0.3 is 5.97 Å². The van der Waals surface area contributed by atoms with E-state index in [1.165, 1.54) is 6.92 Å². The lowest BCUT2D eigenvalue weighted by Crippen LogP contribution is -2.44. The first kappa shape index (κ1) is 15.9. The summed E-state index contributed by atoms with van der Waals surface area (Å²) in [6, 6.07) is 1.65. The Morgan fingerprint density at radius 3 is 2.32 bits per heavy atom. The van der Waals surface area contributed by atoms with E-state index in [0.717, 1.165) is 25.7 Å². The zero-order valence-electron chi connectivity index (χ0n) is 11.1. The van der Waals surface area contributed by atoms with Crippen LogP contribution in [0.1, 0.15) is 45.4 Å². The summed E-state index contributed by atoms with van der Waals surface area (Å²) in [5.41, 5.74) is -1.03. The number of nitriles is 1. The maximum absolute atomic E-state index is 11.7. The van der Waals surface area contributed by atoms with Gasteiger partial charge in [-0.1, -0.05) is 25.7 Å². The lowest BCUT2D eigenvalue weighted by atomic mass is 9.80. The standard InChI is InChI=1S/C12H20N2O4S/c1-10(8-13)19(17,18)14-9-12(11(15)16)6-4-2-3-5-7-12/h10,14H,2-7,9H2,1H3,(H,15,16). The first-order valence-corrected chi connectivity index (χ1v) is 8.00. The van der Waals surface area contributed by atoms with Crippen LogP contribution in [0.25, 0.3) is 0 Å². The third-order valence-corrected chi connectivity index (χ3v) is 5.36. The molecule has 1 aliphatic rings. The Hall–Kier alpha value is -1.13. The van der Waals surface area contributed by atoms with Gasteiger partial charge < -0.3 is 5.11 Å². The van der Waals surface area contributed by atoms with E-state index in [-0.39, 0.29) is 6.54 Å². The molecule has 1 unspecified atom stereocenters. The summed E-state index contributed by atoms with van der Waals surface area (Å²) in [6.45, 7) is 1.15. The summed E-state index contributed by atoms with van der Waals surface area (Å²) in [5, 5.41) is 16.9. The molecular formula is C12H20N2O4S. The lowest BCUT2D eigenvalue weighted by Gasteiger charge is -2.28. The fraction of sp³-hybridized carbons (Fsp3) is 0.833. The molecule has 1 atom stereocenters. The first-order chi connectivity index (χ1) is 8.84. The van der Waals surface area contributed by atoms with Crippen LogP contribution in [0.2, 0.25) is 0 Å². The normalized spacial score (nSPS) is 21.1. The average Bonchev–Trinajstić information content (AvgIpc) is 2.62. The minimum absolute atomic E-state index is 0.128. The summed E-state index contributed by atoms with van der Waals surface area (Å²) in [6.07, 6.45) is 4.51. The van der Waals surface area contributed by atoms with Crippen molar-refractivity contribution in [1.82, 2.24) is 4.72 Å². The second-order valence-corrected chi connectivity index (χ2v) is 7.22. The molecule has 0 radical (unpaired) electrons. The number of carbonyl (C=O) groups is 1. The molecule has 1 aliphatic carbocycles. The molecule has 0 aliphatic heterocycles. The quantitative estimate of drug-likeness (QED) is 0.740. The highest BCUT2D eigenvalue weighted by atomic mass is 32.2. The Bertz CT molecular complexity index is 459. The van der Waals surface area contributed by atoms with Gasteiger partial charge in [-0.2, -0.15) is 5.26 Å². The first-order valence-electron chi connectivity index (χ1n) is 6.45. The van der Waals surface area contributed by atoms with E-state index >= 15 is 0 Å². The SMILES string of the molecule is CC(C#N)S(=O)(=O)NCC1(C(=O)O)CCCCCC1. The number of aliphatic carboxylic acids is 1. The van der Waals surface area contributed by atoms with Crippen LogP contribution >= 0.6 is 0 Å². The van der Waals surface area contributed by atoms with Crippen molar-refractivity contribution in [3.63, 3.8) is 0 Å². The van der Waals surface area contributed by atoms with Crippen molar-refractivity contribution < 1.29 is 18.3 Å². The molecule has 0 aromatic rings. The smallest absolute Gasteiger partial charge is 0.310 e. The molecule has 1 rings (SSSR count). The second kappa shape index (κ2) is 6.35. The van der Waals surface area contributed by atoms with Gasteiger partial charge in [-0.3, -0.25) is 4.79 Å². The van der Waals surface area contributed by atoms with Crippen LogP contribution in [0.15, 0.2) is 0 Å². The monoisotopic (exact) mass is 288 g/mol. The van der Waals surface area contributed by atoms with E-state index in [4.69, 9.17) is 5.26 Å². The number of sulfonamides is 1. The van der Waals surface area contributed by atoms with Crippen molar-refractivity contribution in [2.45, 2.75) is 50.7 Å². The molecule has 0 spiro atoms. The van der Waals surface area contributed by atoms with Crippen LogP contribution < -0.4 is 4.72 Å². The number of hydrogen-bond donors (Lipinski definition) is 2. The van der Waals surface area contributed by atoms with E-state index in [2.05, 4.69) is 4.72 Å². The van der Waals surface area contributed by atoms with Crippen molar-refractivity contribution in [1.29, 1.82) is 5.26 Å². The maximum atomic E-state index is 11.7. The zero-order chi connectivity index (χ0) is 14.5. The molecule has 108 valence electrons. The van der Waals surface area contributed by atoms with E-state index in [0.29, 0.717) is 12.8 Å². The minimum atomic E-state index is -3.77. The van der Waals surface area contributed by atoms with Crippen LogP contribution in [0.5, 0.6) is 0 Å². The second-order valence-electron chi connectivity index (χ2n) is 5.14. The van der Waals surface area contributed by atoms with E-state index in [9.17, 15) is 18.3 Å². The van der Waals surface area contributed by atoms with Crippen LogP contribution in [0.4, 0.5) is 0 Å². The topological polar surface area (TPSA) is 107 Å². The molecule has 19 heavy (non-hydrogen) atoms. The van der Waals surface area contributed by atoms with Gasteiger partial charge in [0.2, 0.25) is 10.0 Å². The predicted molar refractivity (Wildman–Crippen MR) is 69.8 cm³/mol. The minimum Gasteiger partial charge on any atom is -0.481 e. The molecule has 0 amide bonds. The van der Waals surface area contributed by atoms with Gasteiger partial charge in [0.25, 0.3) is 0 Å². The highest BCUT2D eigenvalue weighted by Crippen LogP contribution is 2.35. The summed E-state index contributed by atoms with van der Waals surface area (Å²) in [5.74, 6) is -0.957. The summed E-state index contributed by atoms with van der Waals surface area (Å²) < 4.78 is 25.8. The third kappa shape index (κ3) is 3.91. The number of nitrogens with one attached hydrogen (secondary N) is 1. The largest absolute Gasteiger partial charge is 0.481 e. The maximum Gasteiger partial charge on any atom is 0.310 e. The van der Waals surface area contributed by atoms with Crippen LogP contribution in [0.3, 0.4) is 0 Å². The van der Waals surface area contributed by atoms with Gasteiger partial charge in [-0.15, -0.1) is 0 Å². The molecule has 2 N–H and O–H groups in total. The Kier molecular flexibility index (Phi) is 5.32. The number of hydrogen-bond acceptors (Lipinski definition) is 4. The van der Waals surface area contributed by atoms with E-state index < -0.39 is 26.7 Å². The fourth-order valence-corrected chi connectivity index (χ4v) is 3.17. The van der Waals surface area contributed by atoms with Crippen LogP contribution in [-0.2, 0) is 14.8 Å². The lowest BCUT2D eigenvalue weighted by molar-refractivity contribution is -0.149. The molecule has 0 saturated heterocycles. The Morgan fingerprint density at radius 2 is 1.89 bits per heavy atom. The van der Waals surface area contributed by atoms with Crippen LogP contribution in [0, 0.1) is 16.7 Å². The summed E-state index contributed by atoms with van der Waals surface area (Å²) in [7, 11) is -3.77. The molecule has 0 aromatic heterocycles. The number of carboxylic acid groups (broad SMARTS) is 1. The molecule has 7 heteroatoms. The van der Waals surface area contributed by atoms with Crippen molar-refractivity contribution in [2.24, 2.45) is 5.41 Å².